The van der Waals surface area contributed by atoms with Crippen molar-refractivity contribution in [1.82, 2.24) is 9.80 Å². The van der Waals surface area contributed by atoms with Gasteiger partial charge >= 0.3 is 6.09 Å². The average Bonchev–Trinajstić information content (AvgIpc) is 2.94. The molecule has 208 valence electrons. The van der Waals surface area contributed by atoms with Gasteiger partial charge in [-0.25, -0.2) is 4.79 Å². The first-order valence-corrected chi connectivity index (χ1v) is 12.5. The standard InChI is InChI=1S/C29H34N2O8/c1-30-12-14-31(15-13-30)29(35)39-26-11-7-22(19-28(26)37-3)5-9-24(34)20-23(33)8-4-21-6-10-25(38-17-16-32)27(18-21)36-2/h4-11,18-19,32H,12-17,20H2,1-3H3/b8-4+,9-5+. The van der Waals surface area contributed by atoms with Gasteiger partial charge in [0.1, 0.15) is 6.61 Å². The first-order chi connectivity index (χ1) is 18.8. The molecule has 0 saturated carbocycles. The highest BCUT2D eigenvalue weighted by Gasteiger charge is 2.22. The van der Waals surface area contributed by atoms with Crippen molar-refractivity contribution in [2.24, 2.45) is 0 Å². The summed E-state index contributed by atoms with van der Waals surface area (Å²) in [5.41, 5.74) is 1.35. The van der Waals surface area contributed by atoms with Crippen molar-refractivity contribution < 1.29 is 38.4 Å². The molecule has 39 heavy (non-hydrogen) atoms. The number of carbonyl (C=O) groups is 3. The average molecular weight is 539 g/mol. The lowest BCUT2D eigenvalue weighted by molar-refractivity contribution is -0.121. The largest absolute Gasteiger partial charge is 0.493 e. The number of hydrogen-bond acceptors (Lipinski definition) is 9. The van der Waals surface area contributed by atoms with E-state index in [4.69, 9.17) is 24.1 Å². The first kappa shape index (κ1) is 29.4. The lowest BCUT2D eigenvalue weighted by atomic mass is 10.1. The van der Waals surface area contributed by atoms with Gasteiger partial charge in [0.25, 0.3) is 0 Å². The number of ether oxygens (including phenoxy) is 4. The molecule has 0 spiro atoms. The highest BCUT2D eigenvalue weighted by molar-refractivity contribution is 6.10. The van der Waals surface area contributed by atoms with E-state index in [9.17, 15) is 14.4 Å². The second-order valence-electron chi connectivity index (χ2n) is 8.83. The zero-order chi connectivity index (χ0) is 28.2. The maximum absolute atomic E-state index is 12.5. The fraction of sp³-hybridized carbons (Fsp3) is 0.345. The molecule has 2 aromatic rings. The van der Waals surface area contributed by atoms with Gasteiger partial charge in [-0.3, -0.25) is 9.59 Å². The minimum Gasteiger partial charge on any atom is -0.493 e. The van der Waals surface area contributed by atoms with Crippen LogP contribution < -0.4 is 18.9 Å². The Labute approximate surface area is 228 Å². The van der Waals surface area contributed by atoms with Crippen LogP contribution in [0.2, 0.25) is 0 Å². The molecule has 1 saturated heterocycles. The number of allylic oxidation sites excluding steroid dienone is 2. The van der Waals surface area contributed by atoms with Gasteiger partial charge in [-0.15, -0.1) is 0 Å². The van der Waals surface area contributed by atoms with E-state index in [1.807, 2.05) is 7.05 Å². The molecule has 1 amide bonds. The molecule has 0 atom stereocenters. The summed E-state index contributed by atoms with van der Waals surface area (Å²) in [6.07, 6.45) is 5.10. The molecular weight excluding hydrogens is 504 g/mol. The number of benzene rings is 2. The van der Waals surface area contributed by atoms with Crippen molar-refractivity contribution >= 4 is 29.8 Å². The second-order valence-corrected chi connectivity index (χ2v) is 8.83. The van der Waals surface area contributed by atoms with Crippen molar-refractivity contribution in [3.8, 4) is 23.0 Å². The maximum atomic E-state index is 12.5. The van der Waals surface area contributed by atoms with Gasteiger partial charge in [0.05, 0.1) is 27.2 Å². The highest BCUT2D eigenvalue weighted by Crippen LogP contribution is 2.30. The Kier molecular flexibility index (Phi) is 11.1. The SMILES string of the molecule is COc1cc(/C=C/C(=O)CC(=O)/C=C/c2ccc(OC(=O)N3CCN(C)CC3)c(OC)c2)ccc1OCCO. The van der Waals surface area contributed by atoms with Crippen LogP contribution in [0.15, 0.2) is 48.6 Å². The van der Waals surface area contributed by atoms with Crippen LogP contribution in [0.4, 0.5) is 4.79 Å². The third-order valence-corrected chi connectivity index (χ3v) is 5.95. The Morgan fingerprint density at radius 3 is 1.90 bits per heavy atom. The van der Waals surface area contributed by atoms with Crippen LogP contribution in [0.1, 0.15) is 17.5 Å². The minimum atomic E-state index is -0.434. The number of aliphatic hydroxyl groups is 1. The summed E-state index contributed by atoms with van der Waals surface area (Å²) < 4.78 is 21.6. The van der Waals surface area contributed by atoms with Gasteiger partial charge in [-0.1, -0.05) is 24.3 Å². The predicted molar refractivity (Wildman–Crippen MR) is 146 cm³/mol. The van der Waals surface area contributed by atoms with E-state index in [-0.39, 0.29) is 37.0 Å². The van der Waals surface area contributed by atoms with E-state index in [1.54, 1.807) is 53.5 Å². The summed E-state index contributed by atoms with van der Waals surface area (Å²) in [6.45, 7) is 2.77. The van der Waals surface area contributed by atoms with Gasteiger partial charge in [0, 0.05) is 26.2 Å². The Morgan fingerprint density at radius 1 is 0.821 bits per heavy atom. The number of carbonyl (C=O) groups excluding carboxylic acids is 3. The molecule has 1 heterocycles. The number of methoxy groups -OCH3 is 2. The summed E-state index contributed by atoms with van der Waals surface area (Å²) in [6, 6.07) is 10.1. The fourth-order valence-electron chi connectivity index (χ4n) is 3.75. The molecule has 0 bridgehead atoms. The number of ketones is 2. The van der Waals surface area contributed by atoms with Crippen molar-refractivity contribution in [2.75, 3.05) is 60.7 Å². The lowest BCUT2D eigenvalue weighted by Crippen LogP contribution is -2.48. The molecule has 0 radical (unpaired) electrons. The molecule has 2 aromatic carbocycles. The number of aliphatic hydroxyl groups excluding tert-OH is 1. The Balaban J connectivity index is 1.55. The topological polar surface area (TPSA) is 115 Å². The maximum Gasteiger partial charge on any atom is 0.415 e. The smallest absolute Gasteiger partial charge is 0.415 e. The monoisotopic (exact) mass is 538 g/mol. The Morgan fingerprint density at radius 2 is 1.36 bits per heavy atom. The van der Waals surface area contributed by atoms with E-state index < -0.39 is 6.09 Å². The molecule has 3 rings (SSSR count). The van der Waals surface area contributed by atoms with E-state index >= 15 is 0 Å². The second kappa shape index (κ2) is 14.7. The van der Waals surface area contributed by atoms with Gasteiger partial charge in [0.15, 0.2) is 34.6 Å². The van der Waals surface area contributed by atoms with Gasteiger partial charge in [-0.05, 0) is 54.6 Å². The molecule has 0 unspecified atom stereocenters. The fourth-order valence-corrected chi connectivity index (χ4v) is 3.75. The number of hydrogen-bond donors (Lipinski definition) is 1. The third-order valence-electron chi connectivity index (χ3n) is 5.95. The summed E-state index contributed by atoms with van der Waals surface area (Å²) in [7, 11) is 4.97. The predicted octanol–water partition coefficient (Wildman–Crippen LogP) is 3.08. The third kappa shape index (κ3) is 8.98. The van der Waals surface area contributed by atoms with Crippen molar-refractivity contribution in [1.29, 1.82) is 0 Å². The zero-order valence-electron chi connectivity index (χ0n) is 22.4. The van der Waals surface area contributed by atoms with Gasteiger partial charge in [-0.2, -0.15) is 0 Å². The molecule has 10 heteroatoms. The van der Waals surface area contributed by atoms with Crippen LogP contribution in [-0.4, -0.2) is 93.2 Å². The Hall–Kier alpha value is -4.15. The molecule has 0 aliphatic carbocycles. The van der Waals surface area contributed by atoms with E-state index in [2.05, 4.69) is 4.90 Å². The summed E-state index contributed by atoms with van der Waals surface area (Å²) >= 11 is 0. The number of amides is 1. The quantitative estimate of drug-likeness (QED) is 0.322. The van der Waals surface area contributed by atoms with Crippen LogP contribution in [0, 0.1) is 0 Å². The summed E-state index contributed by atoms with van der Waals surface area (Å²) in [5.74, 6) is 0.873. The molecule has 1 fully saturated rings. The van der Waals surface area contributed by atoms with E-state index in [1.165, 1.54) is 26.4 Å². The molecule has 10 nitrogen and oxygen atoms in total. The zero-order valence-corrected chi connectivity index (χ0v) is 22.4. The summed E-state index contributed by atoms with van der Waals surface area (Å²) in [4.78, 5) is 40.9. The van der Waals surface area contributed by atoms with Gasteiger partial charge in [0.2, 0.25) is 0 Å². The van der Waals surface area contributed by atoms with E-state index in [0.29, 0.717) is 41.5 Å². The number of nitrogens with zero attached hydrogens (tertiary/aromatic N) is 2. The molecule has 0 aromatic heterocycles. The van der Waals surface area contributed by atoms with Crippen LogP contribution in [0.3, 0.4) is 0 Å². The first-order valence-electron chi connectivity index (χ1n) is 12.5. The molecular formula is C29H34N2O8. The van der Waals surface area contributed by atoms with Crippen LogP contribution in [0.25, 0.3) is 12.2 Å². The van der Waals surface area contributed by atoms with Crippen molar-refractivity contribution in [2.45, 2.75) is 6.42 Å². The van der Waals surface area contributed by atoms with Crippen molar-refractivity contribution in [3.05, 3.63) is 59.7 Å². The minimum absolute atomic E-state index is 0.118. The lowest BCUT2D eigenvalue weighted by Gasteiger charge is -2.31. The number of likely N-dealkylation sites (N-methyl/N-ethyl adjacent to an activating group) is 1. The van der Waals surface area contributed by atoms with Crippen LogP contribution >= 0.6 is 0 Å². The van der Waals surface area contributed by atoms with Gasteiger partial charge < -0.3 is 33.9 Å². The van der Waals surface area contributed by atoms with E-state index in [0.717, 1.165) is 13.1 Å². The number of piperazine rings is 1. The summed E-state index contributed by atoms with van der Waals surface area (Å²) in [5, 5.41) is 8.91. The molecule has 1 N–H and O–H groups in total. The Bertz CT molecular complexity index is 1220. The van der Waals surface area contributed by atoms with Crippen LogP contribution in [0.5, 0.6) is 23.0 Å². The molecule has 1 aliphatic heterocycles. The number of rotatable bonds is 12. The van der Waals surface area contributed by atoms with Crippen LogP contribution in [-0.2, 0) is 9.59 Å². The normalized spacial score (nSPS) is 14.0. The van der Waals surface area contributed by atoms with Crippen molar-refractivity contribution in [3.63, 3.8) is 0 Å². The molecule has 1 aliphatic rings. The highest BCUT2D eigenvalue weighted by atomic mass is 16.6.